The summed E-state index contributed by atoms with van der Waals surface area (Å²) in [6.45, 7) is 1.57. The molecule has 0 spiro atoms. The number of hydrogen-bond acceptors (Lipinski definition) is 18. The smallest absolute Gasteiger partial charge is 0.220 e. The number of amides is 1. The molecule has 3 fully saturated rings. The average molecular weight is 1300 g/mol. The fraction of sp³-hybridized carbons (Fsp3) is 0.740. The molecule has 3 rings (SSSR count). The van der Waals surface area contributed by atoms with Crippen LogP contribution >= 0.6 is 0 Å². The van der Waals surface area contributed by atoms with E-state index in [1.807, 2.05) is 6.08 Å². The molecular formula is C73H123NO18. The molecule has 3 aliphatic heterocycles. The molecule has 1 amide bonds. The van der Waals surface area contributed by atoms with Gasteiger partial charge >= 0.3 is 0 Å². The van der Waals surface area contributed by atoms with Crippen LogP contribution in [0.15, 0.2) is 109 Å². The minimum atomic E-state index is -1.99. The van der Waals surface area contributed by atoms with Gasteiger partial charge in [-0.1, -0.05) is 226 Å². The Morgan fingerprint density at radius 2 is 0.761 bits per heavy atom. The third-order valence-corrected chi connectivity index (χ3v) is 16.8. The molecule has 3 saturated heterocycles. The largest absolute Gasteiger partial charge is 0.394 e. The number of aliphatic hydroxyl groups excluding tert-OH is 11. The standard InChI is InChI=1S/C73H123NO18/c1-3-5-7-9-11-13-15-17-19-21-23-25-27-28-29-31-33-35-37-39-41-43-45-47-49-51-61(79)74-56(57(78)50-48-46-44-42-40-38-36-34-32-30-26-24-22-20-18-16-14-12-10-8-6-4-2)55-87-71-67(85)64(82)69(59(53-76)89-71)92-73-68(86)65(83)70(60(54-77)90-73)91-72-66(84)63(81)62(80)58(52-75)88-72/h5,7,11,13,17,19,23,25,28-29,33,35,39-42,48,50,56-60,62-73,75-78,80-86H,3-4,6,8-10,12,14-16,18,20-22,24,26-27,30-32,34,36-38,43-47,49,51-55H2,1-2H3,(H,74,79)/b7-5-,13-11-,19-17-,25-23-,29-28-,35-33-,41-39-,42-40+,50-48+. The Balaban J connectivity index is 1.47. The summed E-state index contributed by atoms with van der Waals surface area (Å²) >= 11 is 0. The normalized spacial score (nSPS) is 28.4. The molecule has 0 aliphatic carbocycles. The van der Waals surface area contributed by atoms with E-state index in [9.17, 15) is 61.0 Å². The zero-order valence-electron chi connectivity index (χ0n) is 55.7. The SMILES string of the molecule is CC/C=C\C/C=C\C/C=C\C/C=C\C/C=C\C/C=C\C/C=C\CCCCCC(=O)NC(COC1OC(CO)C(OC2OC(CO)C(OC3OC(CO)C(O)C(O)C3O)C(O)C2O)C(O)C1O)C(O)/C=C/CC/C=C/CCCCCCCCCCCCCCCCCC. The van der Waals surface area contributed by atoms with Crippen molar-refractivity contribution in [3.05, 3.63) is 109 Å². The van der Waals surface area contributed by atoms with Crippen LogP contribution in [0.5, 0.6) is 0 Å². The van der Waals surface area contributed by atoms with Crippen LogP contribution < -0.4 is 5.32 Å². The lowest BCUT2D eigenvalue weighted by atomic mass is 9.96. The fourth-order valence-electron chi connectivity index (χ4n) is 11.1. The zero-order chi connectivity index (χ0) is 66.8. The molecule has 12 N–H and O–H groups in total. The summed E-state index contributed by atoms with van der Waals surface area (Å²) in [5, 5.41) is 121. The van der Waals surface area contributed by atoms with Gasteiger partial charge in [-0.2, -0.15) is 0 Å². The Morgan fingerprint density at radius 3 is 1.22 bits per heavy atom. The van der Waals surface area contributed by atoms with Gasteiger partial charge in [-0.05, 0) is 89.9 Å². The monoisotopic (exact) mass is 1300 g/mol. The molecule has 528 valence electrons. The first kappa shape index (κ1) is 82.7. The second-order valence-electron chi connectivity index (χ2n) is 24.6. The van der Waals surface area contributed by atoms with E-state index in [-0.39, 0.29) is 18.9 Å². The van der Waals surface area contributed by atoms with E-state index in [1.165, 1.54) is 96.3 Å². The van der Waals surface area contributed by atoms with Gasteiger partial charge in [-0.25, -0.2) is 0 Å². The minimum Gasteiger partial charge on any atom is -0.394 e. The maximum atomic E-state index is 13.4. The number of aliphatic hydroxyl groups is 11. The van der Waals surface area contributed by atoms with Crippen LogP contribution in [0.3, 0.4) is 0 Å². The molecular weight excluding hydrogens is 1180 g/mol. The number of ether oxygens (including phenoxy) is 6. The molecule has 0 bridgehead atoms. The zero-order valence-corrected chi connectivity index (χ0v) is 55.7. The molecule has 0 aromatic rings. The molecule has 0 radical (unpaired) electrons. The molecule has 19 heteroatoms. The summed E-state index contributed by atoms with van der Waals surface area (Å²) in [4.78, 5) is 13.4. The van der Waals surface area contributed by atoms with Gasteiger partial charge < -0.3 is 89.9 Å². The Hall–Kier alpha value is -3.55. The van der Waals surface area contributed by atoms with Crippen LogP contribution in [0.1, 0.15) is 213 Å². The molecule has 0 saturated carbocycles. The number of hydrogen-bond donors (Lipinski definition) is 12. The van der Waals surface area contributed by atoms with Crippen molar-refractivity contribution in [1.82, 2.24) is 5.32 Å². The molecule has 3 aliphatic rings. The van der Waals surface area contributed by atoms with E-state index < -0.39 is 124 Å². The highest BCUT2D eigenvalue weighted by Gasteiger charge is 2.53. The number of allylic oxidation sites excluding steroid dienone is 17. The lowest BCUT2D eigenvalue weighted by molar-refractivity contribution is -0.379. The highest BCUT2D eigenvalue weighted by atomic mass is 16.8. The van der Waals surface area contributed by atoms with Crippen molar-refractivity contribution in [3.8, 4) is 0 Å². The Morgan fingerprint density at radius 1 is 0.402 bits per heavy atom. The first-order chi connectivity index (χ1) is 44.8. The van der Waals surface area contributed by atoms with Gasteiger partial charge in [0.2, 0.25) is 5.91 Å². The van der Waals surface area contributed by atoms with Crippen molar-refractivity contribution in [2.24, 2.45) is 0 Å². The van der Waals surface area contributed by atoms with Gasteiger partial charge in [0, 0.05) is 6.42 Å². The number of carbonyl (C=O) groups is 1. The van der Waals surface area contributed by atoms with Crippen molar-refractivity contribution >= 4 is 5.91 Å². The summed E-state index contributed by atoms with van der Waals surface area (Å²) in [6.07, 6.45) is 44.9. The highest BCUT2D eigenvalue weighted by molar-refractivity contribution is 5.76. The topological polar surface area (TPSA) is 307 Å². The maximum absolute atomic E-state index is 13.4. The second-order valence-corrected chi connectivity index (χ2v) is 24.6. The Bertz CT molecular complexity index is 2090. The van der Waals surface area contributed by atoms with E-state index in [2.05, 4.69) is 116 Å². The third kappa shape index (κ3) is 34.9. The minimum absolute atomic E-state index is 0.188. The fourth-order valence-corrected chi connectivity index (χ4v) is 11.1. The van der Waals surface area contributed by atoms with E-state index in [0.29, 0.717) is 12.8 Å². The Kier molecular flexibility index (Phi) is 48.1. The van der Waals surface area contributed by atoms with Crippen molar-refractivity contribution in [2.45, 2.75) is 317 Å². The number of unbranched alkanes of at least 4 members (excludes halogenated alkanes) is 20. The second kappa shape index (κ2) is 53.6. The molecule has 17 atom stereocenters. The molecule has 17 unspecified atom stereocenters. The van der Waals surface area contributed by atoms with Crippen molar-refractivity contribution in [2.75, 3.05) is 26.4 Å². The van der Waals surface area contributed by atoms with Crippen molar-refractivity contribution < 1.29 is 89.4 Å². The number of carbonyl (C=O) groups excluding carboxylic acids is 1. The van der Waals surface area contributed by atoms with Crippen LogP contribution in [-0.2, 0) is 33.2 Å². The van der Waals surface area contributed by atoms with E-state index in [4.69, 9.17) is 28.4 Å². The van der Waals surface area contributed by atoms with E-state index >= 15 is 0 Å². The van der Waals surface area contributed by atoms with Crippen LogP contribution in [-0.4, -0.2) is 193 Å². The average Bonchev–Trinajstić information content (AvgIpc) is 0.837. The van der Waals surface area contributed by atoms with Gasteiger partial charge in [0.25, 0.3) is 0 Å². The first-order valence-electron chi connectivity index (χ1n) is 35.1. The van der Waals surface area contributed by atoms with Crippen LogP contribution in [0, 0.1) is 0 Å². The van der Waals surface area contributed by atoms with Gasteiger partial charge in [-0.15, -0.1) is 0 Å². The summed E-state index contributed by atoms with van der Waals surface area (Å²) in [6, 6.07) is -1.02. The van der Waals surface area contributed by atoms with Gasteiger partial charge in [0.05, 0.1) is 38.6 Å². The van der Waals surface area contributed by atoms with E-state index in [0.717, 1.165) is 83.5 Å². The predicted octanol–water partition coefficient (Wildman–Crippen LogP) is 9.44. The van der Waals surface area contributed by atoms with Crippen LogP contribution in [0.25, 0.3) is 0 Å². The molecule has 0 aromatic carbocycles. The lowest BCUT2D eigenvalue weighted by Gasteiger charge is -2.48. The molecule has 92 heavy (non-hydrogen) atoms. The predicted molar refractivity (Wildman–Crippen MR) is 360 cm³/mol. The maximum Gasteiger partial charge on any atom is 0.220 e. The molecule has 19 nitrogen and oxygen atoms in total. The van der Waals surface area contributed by atoms with Crippen molar-refractivity contribution in [1.29, 1.82) is 0 Å². The summed E-state index contributed by atoms with van der Waals surface area (Å²) < 4.78 is 34.3. The summed E-state index contributed by atoms with van der Waals surface area (Å²) in [7, 11) is 0. The van der Waals surface area contributed by atoms with Gasteiger partial charge in [-0.3, -0.25) is 4.79 Å². The summed E-state index contributed by atoms with van der Waals surface area (Å²) in [5.41, 5.74) is 0. The Labute approximate surface area is 551 Å². The number of rotatable bonds is 52. The quantitative estimate of drug-likeness (QED) is 0.0199. The molecule has 0 aromatic heterocycles. The van der Waals surface area contributed by atoms with Crippen LogP contribution in [0.4, 0.5) is 0 Å². The first-order valence-corrected chi connectivity index (χ1v) is 35.1. The highest BCUT2D eigenvalue weighted by Crippen LogP contribution is 2.33. The molecule has 3 heterocycles. The van der Waals surface area contributed by atoms with E-state index in [1.54, 1.807) is 6.08 Å². The van der Waals surface area contributed by atoms with Crippen LogP contribution in [0.2, 0.25) is 0 Å². The van der Waals surface area contributed by atoms with Gasteiger partial charge in [0.1, 0.15) is 73.2 Å². The number of nitrogens with one attached hydrogen (secondary N) is 1. The van der Waals surface area contributed by atoms with Crippen molar-refractivity contribution in [3.63, 3.8) is 0 Å². The summed E-state index contributed by atoms with van der Waals surface area (Å²) in [5.74, 6) is -0.321. The lowest BCUT2D eigenvalue weighted by Crippen LogP contribution is -2.66. The third-order valence-electron chi connectivity index (χ3n) is 16.8. The van der Waals surface area contributed by atoms with Gasteiger partial charge in [0.15, 0.2) is 18.9 Å².